The fourth-order valence-corrected chi connectivity index (χ4v) is 2.70. The molecule has 1 fully saturated rings. The molecule has 5 heteroatoms. The van der Waals surface area contributed by atoms with Gasteiger partial charge in [0.25, 0.3) is 0 Å². The predicted molar refractivity (Wildman–Crippen MR) is 85.5 cm³/mol. The summed E-state index contributed by atoms with van der Waals surface area (Å²) in [6, 6.07) is 6.03. The molecule has 0 bridgehead atoms. The molecule has 1 aromatic rings. The number of rotatable bonds is 2. The molecule has 0 aromatic heterocycles. The van der Waals surface area contributed by atoms with Crippen LogP contribution in [-0.4, -0.2) is 42.4 Å². The van der Waals surface area contributed by atoms with Gasteiger partial charge in [0.15, 0.2) is 5.11 Å². The van der Waals surface area contributed by atoms with Crippen LogP contribution in [-0.2, 0) is 4.74 Å². The zero-order chi connectivity index (χ0) is 14.7. The molecular formula is C15H22N2O2S. The van der Waals surface area contributed by atoms with Crippen molar-refractivity contribution in [2.75, 3.05) is 25.5 Å². The number of thiocarbonyl (C=S) groups is 1. The summed E-state index contributed by atoms with van der Waals surface area (Å²) in [5.41, 5.74) is 2.06. The van der Waals surface area contributed by atoms with Crippen LogP contribution in [0.3, 0.4) is 0 Å². The molecule has 1 N–H and O–H groups in total. The van der Waals surface area contributed by atoms with Gasteiger partial charge >= 0.3 is 0 Å². The highest BCUT2D eigenvalue weighted by Gasteiger charge is 2.24. The van der Waals surface area contributed by atoms with Crippen molar-refractivity contribution >= 4 is 23.0 Å². The van der Waals surface area contributed by atoms with Crippen molar-refractivity contribution in [1.29, 1.82) is 0 Å². The Bertz CT molecular complexity index is 483. The van der Waals surface area contributed by atoms with Gasteiger partial charge in [-0.1, -0.05) is 6.07 Å². The Morgan fingerprint density at radius 2 is 2.00 bits per heavy atom. The number of hydrogen-bond donors (Lipinski definition) is 1. The summed E-state index contributed by atoms with van der Waals surface area (Å²) in [6.45, 7) is 7.79. The molecule has 1 aliphatic rings. The summed E-state index contributed by atoms with van der Waals surface area (Å²) >= 11 is 5.51. The number of nitrogens with one attached hydrogen (secondary N) is 1. The predicted octanol–water partition coefficient (Wildman–Crippen LogP) is 2.81. The van der Waals surface area contributed by atoms with E-state index in [1.54, 1.807) is 7.11 Å². The first kappa shape index (κ1) is 15.1. The first-order valence-electron chi connectivity index (χ1n) is 6.85. The maximum atomic E-state index is 5.72. The second-order valence-corrected chi connectivity index (χ2v) is 5.68. The summed E-state index contributed by atoms with van der Waals surface area (Å²) in [7, 11) is 1.67. The van der Waals surface area contributed by atoms with Crippen LogP contribution in [0.15, 0.2) is 18.2 Å². The van der Waals surface area contributed by atoms with E-state index in [4.69, 9.17) is 21.7 Å². The number of anilines is 1. The van der Waals surface area contributed by atoms with Crippen molar-refractivity contribution < 1.29 is 9.47 Å². The van der Waals surface area contributed by atoms with E-state index in [1.165, 1.54) is 0 Å². The van der Waals surface area contributed by atoms with E-state index < -0.39 is 0 Å². The Kier molecular flexibility index (Phi) is 4.83. The lowest BCUT2D eigenvalue weighted by atomic mass is 10.2. The SMILES string of the molecule is COc1cc(C)ccc1NC(=S)N1CC(C)OC(C)C1. The highest BCUT2D eigenvalue weighted by molar-refractivity contribution is 7.80. The highest BCUT2D eigenvalue weighted by atomic mass is 32.1. The van der Waals surface area contributed by atoms with Crippen LogP contribution in [0.25, 0.3) is 0 Å². The number of methoxy groups -OCH3 is 1. The van der Waals surface area contributed by atoms with E-state index in [9.17, 15) is 0 Å². The highest BCUT2D eigenvalue weighted by Crippen LogP contribution is 2.26. The van der Waals surface area contributed by atoms with E-state index in [2.05, 4.69) is 24.1 Å². The Morgan fingerprint density at radius 1 is 1.35 bits per heavy atom. The third-order valence-electron chi connectivity index (χ3n) is 3.31. The molecule has 110 valence electrons. The molecule has 0 amide bonds. The van der Waals surface area contributed by atoms with Crippen molar-refractivity contribution in [3.05, 3.63) is 23.8 Å². The topological polar surface area (TPSA) is 33.7 Å². The van der Waals surface area contributed by atoms with Crippen LogP contribution in [0, 0.1) is 6.92 Å². The minimum absolute atomic E-state index is 0.193. The first-order chi connectivity index (χ1) is 9.49. The van der Waals surface area contributed by atoms with Gasteiger partial charge in [0.05, 0.1) is 25.0 Å². The van der Waals surface area contributed by atoms with Gasteiger partial charge < -0.3 is 19.7 Å². The molecule has 0 aliphatic carbocycles. The second kappa shape index (κ2) is 6.41. The zero-order valence-electron chi connectivity index (χ0n) is 12.5. The van der Waals surface area contributed by atoms with Crippen LogP contribution in [0.1, 0.15) is 19.4 Å². The molecule has 0 spiro atoms. The van der Waals surface area contributed by atoms with Crippen molar-refractivity contribution in [2.45, 2.75) is 33.0 Å². The summed E-state index contributed by atoms with van der Waals surface area (Å²) in [4.78, 5) is 2.15. The standard InChI is InChI=1S/C15H22N2O2S/c1-10-5-6-13(14(7-10)18-4)16-15(20)17-8-11(2)19-12(3)9-17/h5-7,11-12H,8-9H2,1-4H3,(H,16,20). The van der Waals surface area contributed by atoms with Gasteiger partial charge in [-0.3, -0.25) is 0 Å². The molecular weight excluding hydrogens is 272 g/mol. The van der Waals surface area contributed by atoms with Crippen LogP contribution in [0.5, 0.6) is 5.75 Å². The summed E-state index contributed by atoms with van der Waals surface area (Å²) in [5, 5.41) is 3.99. The van der Waals surface area contributed by atoms with E-state index in [-0.39, 0.29) is 12.2 Å². The molecule has 1 aliphatic heterocycles. The maximum Gasteiger partial charge on any atom is 0.173 e. The first-order valence-corrected chi connectivity index (χ1v) is 7.26. The summed E-state index contributed by atoms with van der Waals surface area (Å²) in [6.07, 6.45) is 0.386. The molecule has 4 nitrogen and oxygen atoms in total. The minimum Gasteiger partial charge on any atom is -0.495 e. The molecule has 2 unspecified atom stereocenters. The van der Waals surface area contributed by atoms with E-state index >= 15 is 0 Å². The van der Waals surface area contributed by atoms with Gasteiger partial charge in [0.1, 0.15) is 5.75 Å². The molecule has 20 heavy (non-hydrogen) atoms. The van der Waals surface area contributed by atoms with Gasteiger partial charge in [0, 0.05) is 13.1 Å². The number of nitrogens with zero attached hydrogens (tertiary/aromatic N) is 1. The van der Waals surface area contributed by atoms with Crippen molar-refractivity contribution in [3.8, 4) is 5.75 Å². The van der Waals surface area contributed by atoms with Crippen molar-refractivity contribution in [1.82, 2.24) is 4.90 Å². The lowest BCUT2D eigenvalue weighted by Crippen LogP contribution is -2.49. The van der Waals surface area contributed by atoms with E-state index in [0.29, 0.717) is 5.11 Å². The van der Waals surface area contributed by atoms with E-state index in [1.807, 2.05) is 25.1 Å². The van der Waals surface area contributed by atoms with Crippen molar-refractivity contribution in [2.24, 2.45) is 0 Å². The van der Waals surface area contributed by atoms with Gasteiger partial charge in [-0.25, -0.2) is 0 Å². The van der Waals surface area contributed by atoms with Crippen LogP contribution < -0.4 is 10.1 Å². The monoisotopic (exact) mass is 294 g/mol. The number of morpholine rings is 1. The lowest BCUT2D eigenvalue weighted by Gasteiger charge is -2.37. The third kappa shape index (κ3) is 3.61. The van der Waals surface area contributed by atoms with Crippen LogP contribution in [0.2, 0.25) is 0 Å². The van der Waals surface area contributed by atoms with Crippen LogP contribution in [0.4, 0.5) is 5.69 Å². The van der Waals surface area contributed by atoms with Gasteiger partial charge in [0.2, 0.25) is 0 Å². The average molecular weight is 294 g/mol. The fourth-order valence-electron chi connectivity index (χ4n) is 2.44. The van der Waals surface area contributed by atoms with Gasteiger partial charge in [-0.2, -0.15) is 0 Å². The zero-order valence-corrected chi connectivity index (χ0v) is 13.3. The fraction of sp³-hybridized carbons (Fsp3) is 0.533. The van der Waals surface area contributed by atoms with E-state index in [0.717, 1.165) is 30.1 Å². The normalized spacial score (nSPS) is 22.5. The number of benzene rings is 1. The quantitative estimate of drug-likeness (QED) is 0.848. The Labute approximate surface area is 126 Å². The molecule has 1 heterocycles. The molecule has 0 radical (unpaired) electrons. The molecule has 1 saturated heterocycles. The number of hydrogen-bond acceptors (Lipinski definition) is 3. The maximum absolute atomic E-state index is 5.72. The smallest absolute Gasteiger partial charge is 0.173 e. The van der Waals surface area contributed by atoms with Gasteiger partial charge in [-0.15, -0.1) is 0 Å². The summed E-state index contributed by atoms with van der Waals surface area (Å²) < 4.78 is 11.1. The van der Waals surface area contributed by atoms with Crippen molar-refractivity contribution in [3.63, 3.8) is 0 Å². The Hall–Kier alpha value is -1.33. The molecule has 2 atom stereocenters. The lowest BCUT2D eigenvalue weighted by molar-refractivity contribution is -0.0473. The Balaban J connectivity index is 2.07. The number of ether oxygens (including phenoxy) is 2. The summed E-state index contributed by atoms with van der Waals surface area (Å²) in [5.74, 6) is 0.807. The van der Waals surface area contributed by atoms with Crippen LogP contribution >= 0.6 is 12.2 Å². The largest absolute Gasteiger partial charge is 0.495 e. The average Bonchev–Trinajstić information content (AvgIpc) is 2.39. The molecule has 1 aromatic carbocycles. The molecule has 2 rings (SSSR count). The van der Waals surface area contributed by atoms with Gasteiger partial charge in [-0.05, 0) is 50.7 Å². The molecule has 0 saturated carbocycles. The second-order valence-electron chi connectivity index (χ2n) is 5.30. The number of aryl methyl sites for hydroxylation is 1. The Morgan fingerprint density at radius 3 is 2.60 bits per heavy atom. The minimum atomic E-state index is 0.193. The third-order valence-corrected chi connectivity index (χ3v) is 3.67.